The lowest BCUT2D eigenvalue weighted by molar-refractivity contribution is 0.202. The second-order valence-electron chi connectivity index (χ2n) is 4.25. The molecule has 0 atom stereocenters. The molecule has 2 aromatic carbocycles. The van der Waals surface area contributed by atoms with Crippen molar-refractivity contribution < 1.29 is 4.74 Å². The van der Waals surface area contributed by atoms with Crippen molar-refractivity contribution >= 4 is 28.9 Å². The fourth-order valence-corrected chi connectivity index (χ4v) is 2.50. The zero-order chi connectivity index (χ0) is 13.8. The van der Waals surface area contributed by atoms with Crippen LogP contribution in [0, 0.1) is 0 Å². The van der Waals surface area contributed by atoms with Crippen LogP contribution in [0.5, 0.6) is 0 Å². The maximum atomic E-state index is 6.23. The number of hydrogen-bond acceptors (Lipinski definition) is 2. The molecule has 0 saturated carbocycles. The molecule has 0 radical (unpaired) electrons. The van der Waals surface area contributed by atoms with Gasteiger partial charge in [0.05, 0.1) is 6.61 Å². The van der Waals surface area contributed by atoms with Gasteiger partial charge in [0.1, 0.15) is 0 Å². The molecule has 100 valence electrons. The Morgan fingerprint density at radius 1 is 1.11 bits per heavy atom. The fraction of sp³-hybridized carbons (Fsp3) is 0.200. The number of benzene rings is 2. The Hall–Kier alpha value is -1.22. The van der Waals surface area contributed by atoms with Gasteiger partial charge in [-0.2, -0.15) is 0 Å². The summed E-state index contributed by atoms with van der Waals surface area (Å²) in [7, 11) is 1.68. The third kappa shape index (κ3) is 3.21. The average Bonchev–Trinajstić information content (AvgIpc) is 2.38. The quantitative estimate of drug-likeness (QED) is 0.847. The highest BCUT2D eigenvalue weighted by Gasteiger charge is 2.10. The molecular weight excluding hydrogens is 281 g/mol. The molecule has 0 amide bonds. The van der Waals surface area contributed by atoms with Crippen LogP contribution < -0.4 is 5.73 Å². The molecule has 0 aliphatic carbocycles. The smallest absolute Gasteiger partial charge is 0.0503 e. The van der Waals surface area contributed by atoms with Crippen molar-refractivity contribution in [2.24, 2.45) is 0 Å². The summed E-state index contributed by atoms with van der Waals surface area (Å²) < 4.78 is 5.09. The SMILES string of the molecule is COCCc1cccc(-c2ccc(Cl)cc2Cl)c1N. The molecule has 0 saturated heterocycles. The van der Waals surface area contributed by atoms with E-state index in [1.54, 1.807) is 13.2 Å². The Morgan fingerprint density at radius 2 is 1.89 bits per heavy atom. The lowest BCUT2D eigenvalue weighted by Crippen LogP contribution is -2.01. The molecule has 0 heterocycles. The molecule has 2 aromatic rings. The predicted octanol–water partition coefficient (Wildman–Crippen LogP) is 4.43. The summed E-state index contributed by atoms with van der Waals surface area (Å²) in [6, 6.07) is 11.4. The third-order valence-corrected chi connectivity index (χ3v) is 3.54. The van der Waals surface area contributed by atoms with E-state index in [0.717, 1.165) is 28.8 Å². The lowest BCUT2D eigenvalue weighted by Gasteiger charge is -2.12. The first kappa shape index (κ1) is 14.2. The normalized spacial score (nSPS) is 10.7. The van der Waals surface area contributed by atoms with Crippen molar-refractivity contribution in [3.8, 4) is 11.1 Å². The fourth-order valence-electron chi connectivity index (χ4n) is 1.99. The molecule has 0 unspecified atom stereocenters. The summed E-state index contributed by atoms with van der Waals surface area (Å²) in [4.78, 5) is 0. The third-order valence-electron chi connectivity index (χ3n) is 2.99. The van der Waals surface area contributed by atoms with Gasteiger partial charge < -0.3 is 10.5 Å². The highest BCUT2D eigenvalue weighted by Crippen LogP contribution is 2.35. The molecule has 2 rings (SSSR count). The Balaban J connectivity index is 2.44. The molecule has 0 aliphatic rings. The zero-order valence-corrected chi connectivity index (χ0v) is 12.1. The molecule has 2 nitrogen and oxygen atoms in total. The second-order valence-corrected chi connectivity index (χ2v) is 5.09. The van der Waals surface area contributed by atoms with Crippen molar-refractivity contribution in [3.63, 3.8) is 0 Å². The number of nitrogens with two attached hydrogens (primary N) is 1. The number of methoxy groups -OCH3 is 1. The predicted molar refractivity (Wildman–Crippen MR) is 81.9 cm³/mol. The van der Waals surface area contributed by atoms with E-state index in [4.69, 9.17) is 33.7 Å². The van der Waals surface area contributed by atoms with Crippen LogP contribution in [0.3, 0.4) is 0 Å². The van der Waals surface area contributed by atoms with Crippen LogP contribution >= 0.6 is 23.2 Å². The van der Waals surface area contributed by atoms with E-state index in [1.165, 1.54) is 0 Å². The Morgan fingerprint density at radius 3 is 2.58 bits per heavy atom. The summed E-state index contributed by atoms with van der Waals surface area (Å²) in [5.41, 5.74) is 9.83. The van der Waals surface area contributed by atoms with Crippen LogP contribution in [-0.2, 0) is 11.2 Å². The molecule has 19 heavy (non-hydrogen) atoms. The maximum Gasteiger partial charge on any atom is 0.0503 e. The summed E-state index contributed by atoms with van der Waals surface area (Å²) in [5, 5.41) is 1.21. The topological polar surface area (TPSA) is 35.2 Å². The van der Waals surface area contributed by atoms with E-state index < -0.39 is 0 Å². The molecular formula is C15H15Cl2NO. The van der Waals surface area contributed by atoms with E-state index in [9.17, 15) is 0 Å². The summed E-state index contributed by atoms with van der Waals surface area (Å²) in [6.07, 6.45) is 0.779. The van der Waals surface area contributed by atoms with E-state index in [2.05, 4.69) is 0 Å². The number of hydrogen-bond donors (Lipinski definition) is 1. The van der Waals surface area contributed by atoms with Crippen molar-refractivity contribution in [2.75, 3.05) is 19.5 Å². The molecule has 0 aromatic heterocycles. The Kier molecular flexibility index (Phi) is 4.70. The highest BCUT2D eigenvalue weighted by atomic mass is 35.5. The van der Waals surface area contributed by atoms with E-state index in [-0.39, 0.29) is 0 Å². The number of halogens is 2. The standard InChI is InChI=1S/C15H15Cl2NO/c1-19-8-7-10-3-2-4-13(15(10)18)12-6-5-11(16)9-14(12)17/h2-6,9H,7-8,18H2,1H3. The van der Waals surface area contributed by atoms with Gasteiger partial charge in [0.2, 0.25) is 0 Å². The molecule has 0 fully saturated rings. The first-order valence-corrected chi connectivity index (χ1v) is 6.71. The van der Waals surface area contributed by atoms with E-state index in [1.807, 2.05) is 30.3 Å². The van der Waals surface area contributed by atoms with Gasteiger partial charge in [-0.25, -0.2) is 0 Å². The van der Waals surface area contributed by atoms with Crippen molar-refractivity contribution in [1.82, 2.24) is 0 Å². The van der Waals surface area contributed by atoms with Gasteiger partial charge in [-0.15, -0.1) is 0 Å². The number of nitrogen functional groups attached to an aromatic ring is 1. The van der Waals surface area contributed by atoms with Gasteiger partial charge in [-0.1, -0.05) is 47.5 Å². The number of rotatable bonds is 4. The monoisotopic (exact) mass is 295 g/mol. The number of ether oxygens (including phenoxy) is 1. The van der Waals surface area contributed by atoms with Crippen molar-refractivity contribution in [3.05, 3.63) is 52.0 Å². The van der Waals surface area contributed by atoms with E-state index in [0.29, 0.717) is 16.7 Å². The highest BCUT2D eigenvalue weighted by molar-refractivity contribution is 6.36. The largest absolute Gasteiger partial charge is 0.398 e. The van der Waals surface area contributed by atoms with E-state index >= 15 is 0 Å². The summed E-state index contributed by atoms with van der Waals surface area (Å²) in [5.74, 6) is 0. The van der Waals surface area contributed by atoms with Crippen LogP contribution in [0.1, 0.15) is 5.56 Å². The molecule has 2 N–H and O–H groups in total. The van der Waals surface area contributed by atoms with Crippen LogP contribution in [0.2, 0.25) is 10.0 Å². The molecule has 4 heteroatoms. The first-order chi connectivity index (χ1) is 9.13. The van der Waals surface area contributed by atoms with Gasteiger partial charge in [0.25, 0.3) is 0 Å². The van der Waals surface area contributed by atoms with Crippen LogP contribution in [0.4, 0.5) is 5.69 Å². The van der Waals surface area contributed by atoms with Crippen LogP contribution in [0.25, 0.3) is 11.1 Å². The van der Waals surface area contributed by atoms with Crippen LogP contribution in [0.15, 0.2) is 36.4 Å². The second kappa shape index (κ2) is 6.29. The first-order valence-electron chi connectivity index (χ1n) is 5.95. The zero-order valence-electron chi connectivity index (χ0n) is 10.6. The van der Waals surface area contributed by atoms with Gasteiger partial charge in [-0.05, 0) is 24.1 Å². The lowest BCUT2D eigenvalue weighted by atomic mass is 9.99. The van der Waals surface area contributed by atoms with Gasteiger partial charge >= 0.3 is 0 Å². The van der Waals surface area contributed by atoms with Gasteiger partial charge in [0.15, 0.2) is 0 Å². The molecule has 0 bridgehead atoms. The minimum atomic E-state index is 0.600. The minimum Gasteiger partial charge on any atom is -0.398 e. The van der Waals surface area contributed by atoms with Crippen molar-refractivity contribution in [1.29, 1.82) is 0 Å². The molecule has 0 aliphatic heterocycles. The Bertz CT molecular complexity index is 584. The molecule has 0 spiro atoms. The summed E-state index contributed by atoms with van der Waals surface area (Å²) in [6.45, 7) is 0.641. The van der Waals surface area contributed by atoms with Crippen molar-refractivity contribution in [2.45, 2.75) is 6.42 Å². The van der Waals surface area contributed by atoms with Crippen LogP contribution in [-0.4, -0.2) is 13.7 Å². The van der Waals surface area contributed by atoms with Gasteiger partial charge in [-0.3, -0.25) is 0 Å². The minimum absolute atomic E-state index is 0.600. The number of para-hydroxylation sites is 1. The Labute approximate surface area is 123 Å². The maximum absolute atomic E-state index is 6.23. The number of anilines is 1. The average molecular weight is 296 g/mol. The summed E-state index contributed by atoms with van der Waals surface area (Å²) >= 11 is 12.1. The van der Waals surface area contributed by atoms with Gasteiger partial charge in [0, 0.05) is 34.0 Å².